The highest BCUT2D eigenvalue weighted by Gasteiger charge is 2.21. The number of phenols is 1. The van der Waals surface area contributed by atoms with Crippen molar-refractivity contribution in [1.82, 2.24) is 5.32 Å². The van der Waals surface area contributed by atoms with Gasteiger partial charge in [0.1, 0.15) is 5.75 Å². The van der Waals surface area contributed by atoms with E-state index >= 15 is 0 Å². The smallest absolute Gasteiger partial charge is 0.307 e. The number of aliphatic imine (C=N–C) groups is 1. The maximum absolute atomic E-state index is 12.5. The highest BCUT2D eigenvalue weighted by molar-refractivity contribution is 5.81. The number of carbonyl (C=O) groups excluding carboxylic acids is 1. The average Bonchev–Trinajstić information content (AvgIpc) is 2.73. The molecule has 0 heterocycles. The molecule has 1 unspecified atom stereocenters. The summed E-state index contributed by atoms with van der Waals surface area (Å²) in [5.74, 6) is -1.65. The van der Waals surface area contributed by atoms with Crippen LogP contribution < -0.4 is 22.5 Å². The second kappa shape index (κ2) is 11.6. The van der Waals surface area contributed by atoms with Crippen molar-refractivity contribution >= 4 is 17.8 Å². The summed E-state index contributed by atoms with van der Waals surface area (Å²) in [6.07, 6.45) is 0.812. The molecule has 0 aliphatic rings. The summed E-state index contributed by atoms with van der Waals surface area (Å²) in [6.45, 7) is 0.578. The summed E-state index contributed by atoms with van der Waals surface area (Å²) >= 11 is 0. The molecule has 31 heavy (non-hydrogen) atoms. The van der Waals surface area contributed by atoms with E-state index in [1.165, 1.54) is 6.07 Å². The van der Waals surface area contributed by atoms with Gasteiger partial charge in [-0.05, 0) is 30.0 Å². The third-order valence-corrected chi connectivity index (χ3v) is 4.81. The Balaban J connectivity index is 2.14. The maximum Gasteiger partial charge on any atom is 0.307 e. The Morgan fingerprint density at radius 2 is 1.81 bits per heavy atom. The summed E-state index contributed by atoms with van der Waals surface area (Å²) in [4.78, 5) is 27.4. The van der Waals surface area contributed by atoms with Gasteiger partial charge in [0.25, 0.3) is 0 Å². The fourth-order valence-electron chi connectivity index (χ4n) is 3.24. The zero-order chi connectivity index (χ0) is 22.8. The third kappa shape index (κ3) is 7.63. The molecule has 0 radical (unpaired) electrons. The minimum Gasteiger partial charge on any atom is -0.508 e. The minimum atomic E-state index is -0.965. The summed E-state index contributed by atoms with van der Waals surface area (Å²) in [7, 11) is 0. The first kappa shape index (κ1) is 23.7. The SMILES string of the molecule is NC(N)=NCCC[C@H](N)C(=O)NCC(c1ccccc1)c1cc(CC(=O)O)ccc1O. The normalized spacial score (nSPS) is 12.5. The van der Waals surface area contributed by atoms with Crippen molar-refractivity contribution in [3.05, 3.63) is 65.2 Å². The molecule has 2 aromatic rings. The van der Waals surface area contributed by atoms with Crippen LogP contribution in [0.4, 0.5) is 0 Å². The lowest BCUT2D eigenvalue weighted by Gasteiger charge is -2.22. The zero-order valence-corrected chi connectivity index (χ0v) is 17.2. The Bertz CT molecular complexity index is 913. The molecule has 0 aliphatic heterocycles. The van der Waals surface area contributed by atoms with E-state index in [1.807, 2.05) is 30.3 Å². The van der Waals surface area contributed by atoms with E-state index in [-0.39, 0.29) is 36.5 Å². The Labute approximate surface area is 181 Å². The molecule has 0 saturated heterocycles. The molecule has 0 saturated carbocycles. The number of carbonyl (C=O) groups is 2. The van der Waals surface area contributed by atoms with E-state index in [9.17, 15) is 14.7 Å². The van der Waals surface area contributed by atoms with E-state index in [2.05, 4.69) is 10.3 Å². The molecule has 166 valence electrons. The number of hydrogen-bond acceptors (Lipinski definition) is 5. The van der Waals surface area contributed by atoms with Crippen LogP contribution in [-0.4, -0.2) is 47.2 Å². The predicted octanol–water partition coefficient (Wildman–Crippen LogP) is 0.648. The standard InChI is InChI=1S/C22H29N5O4/c23-18(7-4-10-26-22(24)25)21(31)27-13-17(15-5-2-1-3-6-15)16-11-14(12-20(29)30)8-9-19(16)28/h1-3,5-6,8-9,11,17-18,28H,4,7,10,12-13,23H2,(H,27,31)(H,29,30)(H4,24,25,26)/t17?,18-/m0/s1. The molecule has 9 nitrogen and oxygen atoms in total. The van der Waals surface area contributed by atoms with Crippen LogP contribution in [0.5, 0.6) is 5.75 Å². The molecule has 2 atom stereocenters. The molecular weight excluding hydrogens is 398 g/mol. The number of guanidine groups is 1. The fraction of sp³-hybridized carbons (Fsp3) is 0.318. The number of phenolic OH excluding ortho intramolecular Hbond substituents is 1. The van der Waals surface area contributed by atoms with Crippen molar-refractivity contribution in [3.8, 4) is 5.75 Å². The van der Waals surface area contributed by atoms with Crippen LogP contribution in [0.15, 0.2) is 53.5 Å². The van der Waals surface area contributed by atoms with Crippen LogP contribution in [0.25, 0.3) is 0 Å². The summed E-state index contributed by atoms with van der Waals surface area (Å²) in [6, 6.07) is 13.3. The number of nitrogens with zero attached hydrogens (tertiary/aromatic N) is 1. The quantitative estimate of drug-likeness (QED) is 0.173. The monoisotopic (exact) mass is 427 g/mol. The van der Waals surface area contributed by atoms with Crippen molar-refractivity contribution in [2.75, 3.05) is 13.1 Å². The van der Waals surface area contributed by atoms with Gasteiger partial charge in [0.15, 0.2) is 5.96 Å². The van der Waals surface area contributed by atoms with E-state index in [1.54, 1.807) is 12.1 Å². The zero-order valence-electron chi connectivity index (χ0n) is 17.2. The third-order valence-electron chi connectivity index (χ3n) is 4.81. The number of benzene rings is 2. The summed E-state index contributed by atoms with van der Waals surface area (Å²) < 4.78 is 0. The summed E-state index contributed by atoms with van der Waals surface area (Å²) in [5.41, 5.74) is 18.5. The number of aliphatic carboxylic acids is 1. The number of carboxylic acids is 1. The number of aromatic hydroxyl groups is 1. The highest BCUT2D eigenvalue weighted by Crippen LogP contribution is 2.32. The number of nitrogens with two attached hydrogens (primary N) is 3. The summed E-state index contributed by atoms with van der Waals surface area (Å²) in [5, 5.41) is 22.4. The lowest BCUT2D eigenvalue weighted by atomic mass is 9.89. The first-order chi connectivity index (χ1) is 14.8. The van der Waals surface area contributed by atoms with Crippen LogP contribution in [0.3, 0.4) is 0 Å². The number of nitrogens with one attached hydrogen (secondary N) is 1. The first-order valence-electron chi connectivity index (χ1n) is 9.95. The fourth-order valence-corrected chi connectivity index (χ4v) is 3.24. The molecule has 0 bridgehead atoms. The number of carboxylic acid groups (broad SMARTS) is 1. The van der Waals surface area contributed by atoms with Gasteiger partial charge in [-0.1, -0.05) is 42.5 Å². The Kier molecular flexibility index (Phi) is 8.83. The van der Waals surface area contributed by atoms with E-state index < -0.39 is 12.0 Å². The average molecular weight is 428 g/mol. The van der Waals surface area contributed by atoms with Gasteiger partial charge in [-0.15, -0.1) is 0 Å². The second-order valence-corrected chi connectivity index (χ2v) is 7.23. The minimum absolute atomic E-state index is 0.00587. The predicted molar refractivity (Wildman–Crippen MR) is 119 cm³/mol. The second-order valence-electron chi connectivity index (χ2n) is 7.23. The number of rotatable bonds is 11. The van der Waals surface area contributed by atoms with Crippen LogP contribution in [-0.2, 0) is 16.0 Å². The molecule has 0 spiro atoms. The molecule has 9 heteroatoms. The van der Waals surface area contributed by atoms with Crippen LogP contribution in [0.2, 0.25) is 0 Å². The lowest BCUT2D eigenvalue weighted by molar-refractivity contribution is -0.136. The van der Waals surface area contributed by atoms with Crippen LogP contribution in [0, 0.1) is 0 Å². The van der Waals surface area contributed by atoms with Crippen molar-refractivity contribution in [1.29, 1.82) is 0 Å². The van der Waals surface area contributed by atoms with Gasteiger partial charge in [0.2, 0.25) is 5.91 Å². The van der Waals surface area contributed by atoms with Crippen LogP contribution in [0.1, 0.15) is 35.4 Å². The molecule has 0 fully saturated rings. The van der Waals surface area contributed by atoms with Crippen molar-refractivity contribution in [2.45, 2.75) is 31.2 Å². The number of amides is 1. The molecule has 0 aromatic heterocycles. The van der Waals surface area contributed by atoms with Gasteiger partial charge in [0, 0.05) is 24.6 Å². The Morgan fingerprint density at radius 3 is 2.45 bits per heavy atom. The van der Waals surface area contributed by atoms with Crippen molar-refractivity contribution < 1.29 is 19.8 Å². The molecular formula is C22H29N5O4. The molecule has 2 rings (SSSR count). The van der Waals surface area contributed by atoms with Gasteiger partial charge in [0.05, 0.1) is 12.5 Å². The van der Waals surface area contributed by atoms with Gasteiger partial charge in [-0.25, -0.2) is 0 Å². The topological polar surface area (TPSA) is 177 Å². The molecule has 2 aromatic carbocycles. The van der Waals surface area contributed by atoms with Crippen molar-refractivity contribution in [3.63, 3.8) is 0 Å². The van der Waals surface area contributed by atoms with Crippen molar-refractivity contribution in [2.24, 2.45) is 22.2 Å². The molecule has 1 amide bonds. The Hall–Kier alpha value is -3.59. The van der Waals surface area contributed by atoms with E-state index in [0.717, 1.165) is 5.56 Å². The Morgan fingerprint density at radius 1 is 1.10 bits per heavy atom. The lowest BCUT2D eigenvalue weighted by Crippen LogP contribution is -2.42. The highest BCUT2D eigenvalue weighted by atomic mass is 16.4. The van der Waals surface area contributed by atoms with Crippen LogP contribution >= 0.6 is 0 Å². The number of hydrogen-bond donors (Lipinski definition) is 6. The van der Waals surface area contributed by atoms with E-state index in [0.29, 0.717) is 30.5 Å². The molecule has 0 aliphatic carbocycles. The van der Waals surface area contributed by atoms with Gasteiger partial charge in [-0.2, -0.15) is 0 Å². The van der Waals surface area contributed by atoms with Gasteiger partial charge < -0.3 is 32.7 Å². The largest absolute Gasteiger partial charge is 0.508 e. The van der Waals surface area contributed by atoms with E-state index in [4.69, 9.17) is 22.3 Å². The van der Waals surface area contributed by atoms with Gasteiger partial charge in [-0.3, -0.25) is 14.6 Å². The molecule has 9 N–H and O–H groups in total. The first-order valence-corrected chi connectivity index (χ1v) is 9.95. The van der Waals surface area contributed by atoms with Gasteiger partial charge >= 0.3 is 5.97 Å². The maximum atomic E-state index is 12.5.